The lowest BCUT2D eigenvalue weighted by Crippen LogP contribution is -2.12. The van der Waals surface area contributed by atoms with Crippen molar-refractivity contribution in [1.29, 1.82) is 0 Å². The van der Waals surface area contributed by atoms with Crippen molar-refractivity contribution in [3.8, 4) is 11.5 Å². The SMILES string of the molecule is COc1ccc(CNCc2cccc3ccccc23)cc1.COc1ccc(CNCc2cccc3ccccc23)cc1. The van der Waals surface area contributed by atoms with E-state index in [9.17, 15) is 0 Å². The molecule has 0 aliphatic rings. The summed E-state index contributed by atoms with van der Waals surface area (Å²) in [6.07, 6.45) is 0. The van der Waals surface area contributed by atoms with Gasteiger partial charge in [0, 0.05) is 26.2 Å². The van der Waals surface area contributed by atoms with Crippen LogP contribution in [0.3, 0.4) is 0 Å². The third kappa shape index (κ3) is 7.76. The number of fused-ring (bicyclic) bond motifs is 2. The molecule has 0 aliphatic carbocycles. The van der Waals surface area contributed by atoms with E-state index >= 15 is 0 Å². The maximum atomic E-state index is 5.17. The Morgan fingerprint density at radius 3 is 1.19 bits per heavy atom. The number of methoxy groups -OCH3 is 2. The van der Waals surface area contributed by atoms with E-state index < -0.39 is 0 Å². The normalized spacial score (nSPS) is 10.7. The first-order valence-corrected chi connectivity index (χ1v) is 14.3. The van der Waals surface area contributed by atoms with Crippen molar-refractivity contribution in [1.82, 2.24) is 10.6 Å². The van der Waals surface area contributed by atoms with Crippen molar-refractivity contribution < 1.29 is 9.47 Å². The van der Waals surface area contributed by atoms with Gasteiger partial charge in [0.15, 0.2) is 0 Å². The number of benzene rings is 6. The van der Waals surface area contributed by atoms with Gasteiger partial charge in [-0.3, -0.25) is 0 Å². The Morgan fingerprint density at radius 2 is 0.786 bits per heavy atom. The quantitative estimate of drug-likeness (QED) is 0.179. The molecule has 4 heteroatoms. The maximum absolute atomic E-state index is 5.17. The Kier molecular flexibility index (Phi) is 10.2. The van der Waals surface area contributed by atoms with Crippen molar-refractivity contribution in [3.63, 3.8) is 0 Å². The lowest BCUT2D eigenvalue weighted by molar-refractivity contribution is 0.414. The van der Waals surface area contributed by atoms with Crippen LogP contribution < -0.4 is 20.1 Å². The first-order chi connectivity index (χ1) is 20.7. The molecule has 0 saturated carbocycles. The Bertz CT molecular complexity index is 1560. The van der Waals surface area contributed by atoms with E-state index in [1.54, 1.807) is 14.2 Å². The van der Waals surface area contributed by atoms with Gasteiger partial charge >= 0.3 is 0 Å². The molecule has 212 valence electrons. The zero-order valence-electron chi connectivity index (χ0n) is 24.3. The summed E-state index contributed by atoms with van der Waals surface area (Å²) in [7, 11) is 3.38. The predicted molar refractivity (Wildman–Crippen MR) is 175 cm³/mol. The number of hydrogen-bond acceptors (Lipinski definition) is 4. The van der Waals surface area contributed by atoms with Crippen LogP contribution in [0.2, 0.25) is 0 Å². The van der Waals surface area contributed by atoms with Crippen LogP contribution in [-0.4, -0.2) is 14.2 Å². The molecule has 6 rings (SSSR count). The Hall–Kier alpha value is -4.64. The standard InChI is InChI=1S/2C19H19NO/c2*1-21-18-11-9-15(10-12-18)13-20-14-17-7-4-6-16-5-2-3-8-19(16)17/h2*2-12,20H,13-14H2,1H3. The molecular weight excluding hydrogens is 516 g/mol. The summed E-state index contributed by atoms with van der Waals surface area (Å²) in [4.78, 5) is 0. The summed E-state index contributed by atoms with van der Waals surface area (Å²) < 4.78 is 10.3. The van der Waals surface area contributed by atoms with Crippen LogP contribution in [0.4, 0.5) is 0 Å². The minimum absolute atomic E-state index is 0.854. The van der Waals surface area contributed by atoms with Gasteiger partial charge in [-0.05, 0) is 68.1 Å². The number of hydrogen-bond donors (Lipinski definition) is 2. The highest BCUT2D eigenvalue weighted by atomic mass is 16.5. The van der Waals surface area contributed by atoms with Crippen LogP contribution in [0.1, 0.15) is 22.3 Å². The van der Waals surface area contributed by atoms with Crippen LogP contribution in [-0.2, 0) is 26.2 Å². The average molecular weight is 555 g/mol. The number of nitrogens with one attached hydrogen (secondary N) is 2. The van der Waals surface area contributed by atoms with Gasteiger partial charge in [0.25, 0.3) is 0 Å². The molecule has 0 spiro atoms. The second-order valence-corrected chi connectivity index (χ2v) is 10.2. The highest BCUT2D eigenvalue weighted by Gasteiger charge is 2.02. The lowest BCUT2D eigenvalue weighted by atomic mass is 10.0. The fourth-order valence-corrected chi connectivity index (χ4v) is 5.06. The molecule has 0 amide bonds. The third-order valence-electron chi connectivity index (χ3n) is 7.37. The Labute approximate surface area is 248 Å². The van der Waals surface area contributed by atoms with E-state index in [1.165, 1.54) is 43.8 Å². The van der Waals surface area contributed by atoms with Crippen molar-refractivity contribution >= 4 is 21.5 Å². The summed E-state index contributed by atoms with van der Waals surface area (Å²) in [6, 6.07) is 46.3. The monoisotopic (exact) mass is 554 g/mol. The number of ether oxygens (including phenoxy) is 2. The largest absolute Gasteiger partial charge is 0.497 e. The van der Waals surface area contributed by atoms with Crippen LogP contribution in [0.15, 0.2) is 133 Å². The zero-order valence-corrected chi connectivity index (χ0v) is 24.3. The molecule has 0 bridgehead atoms. The molecule has 0 fully saturated rings. The fourth-order valence-electron chi connectivity index (χ4n) is 5.06. The van der Waals surface area contributed by atoms with Crippen molar-refractivity contribution in [2.24, 2.45) is 0 Å². The maximum Gasteiger partial charge on any atom is 0.118 e. The lowest BCUT2D eigenvalue weighted by Gasteiger charge is -2.09. The topological polar surface area (TPSA) is 42.5 Å². The second kappa shape index (κ2) is 14.8. The molecule has 0 unspecified atom stereocenters. The van der Waals surface area contributed by atoms with Gasteiger partial charge in [-0.2, -0.15) is 0 Å². The Morgan fingerprint density at radius 1 is 0.405 bits per heavy atom. The molecule has 6 aromatic carbocycles. The number of rotatable bonds is 10. The van der Waals surface area contributed by atoms with Gasteiger partial charge in [0.2, 0.25) is 0 Å². The van der Waals surface area contributed by atoms with E-state index in [1.807, 2.05) is 24.3 Å². The molecule has 4 nitrogen and oxygen atoms in total. The van der Waals surface area contributed by atoms with Gasteiger partial charge in [0.1, 0.15) is 11.5 Å². The molecule has 0 saturated heterocycles. The summed E-state index contributed by atoms with van der Waals surface area (Å²) in [5.41, 5.74) is 5.19. The summed E-state index contributed by atoms with van der Waals surface area (Å²) in [5.74, 6) is 1.79. The highest BCUT2D eigenvalue weighted by molar-refractivity contribution is 5.86. The molecule has 0 aliphatic heterocycles. The van der Waals surface area contributed by atoms with Crippen LogP contribution >= 0.6 is 0 Å². The van der Waals surface area contributed by atoms with E-state index in [4.69, 9.17) is 9.47 Å². The van der Waals surface area contributed by atoms with E-state index in [-0.39, 0.29) is 0 Å². The van der Waals surface area contributed by atoms with Crippen molar-refractivity contribution in [2.75, 3.05) is 14.2 Å². The van der Waals surface area contributed by atoms with Crippen LogP contribution in [0.25, 0.3) is 21.5 Å². The van der Waals surface area contributed by atoms with Gasteiger partial charge in [-0.15, -0.1) is 0 Å². The highest BCUT2D eigenvalue weighted by Crippen LogP contribution is 2.20. The molecular formula is C38H38N2O2. The molecule has 0 atom stereocenters. The molecule has 0 heterocycles. The predicted octanol–water partition coefficient (Wildman–Crippen LogP) is 8.28. The molecule has 42 heavy (non-hydrogen) atoms. The van der Waals surface area contributed by atoms with Crippen molar-refractivity contribution in [2.45, 2.75) is 26.2 Å². The molecule has 6 aromatic rings. The van der Waals surface area contributed by atoms with Gasteiger partial charge in [0.05, 0.1) is 14.2 Å². The summed E-state index contributed by atoms with van der Waals surface area (Å²) in [6.45, 7) is 3.45. The van der Waals surface area contributed by atoms with Crippen LogP contribution in [0, 0.1) is 0 Å². The minimum atomic E-state index is 0.854. The van der Waals surface area contributed by atoms with Gasteiger partial charge < -0.3 is 20.1 Å². The van der Waals surface area contributed by atoms with Crippen molar-refractivity contribution in [3.05, 3.63) is 156 Å². The first-order valence-electron chi connectivity index (χ1n) is 14.3. The zero-order chi connectivity index (χ0) is 29.0. The van der Waals surface area contributed by atoms with Gasteiger partial charge in [-0.25, -0.2) is 0 Å². The van der Waals surface area contributed by atoms with E-state index in [2.05, 4.69) is 120 Å². The van der Waals surface area contributed by atoms with Gasteiger partial charge in [-0.1, -0.05) is 109 Å². The fraction of sp³-hybridized carbons (Fsp3) is 0.158. The third-order valence-corrected chi connectivity index (χ3v) is 7.37. The van der Waals surface area contributed by atoms with Crippen LogP contribution in [0.5, 0.6) is 11.5 Å². The molecule has 2 N–H and O–H groups in total. The molecule has 0 radical (unpaired) electrons. The average Bonchev–Trinajstić information content (AvgIpc) is 3.06. The summed E-state index contributed by atoms with van der Waals surface area (Å²) in [5, 5.41) is 12.2. The van der Waals surface area contributed by atoms with E-state index in [0.717, 1.165) is 37.7 Å². The second-order valence-electron chi connectivity index (χ2n) is 10.2. The minimum Gasteiger partial charge on any atom is -0.497 e. The smallest absolute Gasteiger partial charge is 0.118 e. The first kappa shape index (κ1) is 28.9. The van der Waals surface area contributed by atoms with E-state index in [0.29, 0.717) is 0 Å². The molecule has 0 aromatic heterocycles. The summed E-state index contributed by atoms with van der Waals surface area (Å²) >= 11 is 0. The Balaban J connectivity index is 0.000000168.